The zero-order chi connectivity index (χ0) is 34.4. The lowest BCUT2D eigenvalue weighted by molar-refractivity contribution is -0.143. The lowest BCUT2D eigenvalue weighted by atomic mass is 9.85. The number of amides is 4. The minimum atomic E-state index is -3.90. The summed E-state index contributed by atoms with van der Waals surface area (Å²) >= 11 is 0. The maximum atomic E-state index is 14.2. The molecule has 1 aliphatic heterocycles. The van der Waals surface area contributed by atoms with Crippen LogP contribution >= 0.6 is 0 Å². The molecule has 47 heavy (non-hydrogen) atoms. The topological polar surface area (TPSA) is 171 Å². The van der Waals surface area contributed by atoms with Gasteiger partial charge in [0, 0.05) is 19.4 Å². The first-order chi connectivity index (χ1) is 22.1. The minimum Gasteiger partial charge on any atom is -0.465 e. The second kappa shape index (κ2) is 12.4. The van der Waals surface area contributed by atoms with Gasteiger partial charge in [-0.3, -0.25) is 19.1 Å². The van der Waals surface area contributed by atoms with Gasteiger partial charge in [-0.15, -0.1) is 6.58 Å². The van der Waals surface area contributed by atoms with E-state index in [4.69, 9.17) is 4.74 Å². The average Bonchev–Trinajstić information content (AvgIpc) is 3.96. The molecule has 12 nitrogen and oxygen atoms in total. The number of methoxy groups -OCH3 is 1. The molecule has 0 unspecified atom stereocenters. The third-order valence-electron chi connectivity index (χ3n) is 9.45. The predicted molar refractivity (Wildman–Crippen MR) is 174 cm³/mol. The molecular weight excluding hydrogens is 624 g/mol. The molecule has 0 radical (unpaired) electrons. The summed E-state index contributed by atoms with van der Waals surface area (Å²) in [5, 5.41) is 14.0. The minimum absolute atomic E-state index is 0.00742. The molecule has 5 rings (SSSR count). The van der Waals surface area contributed by atoms with Crippen molar-refractivity contribution in [3.63, 3.8) is 0 Å². The van der Waals surface area contributed by atoms with Gasteiger partial charge in [-0.2, -0.15) is 0 Å². The van der Waals surface area contributed by atoms with Crippen LogP contribution in [-0.4, -0.2) is 78.8 Å². The molecule has 1 saturated heterocycles. The summed E-state index contributed by atoms with van der Waals surface area (Å²) in [6, 6.07) is 15.0. The first-order valence-corrected chi connectivity index (χ1v) is 17.1. The first kappa shape index (κ1) is 34.1. The smallest absolute Gasteiger partial charge is 0.405 e. The lowest BCUT2D eigenvalue weighted by Crippen LogP contribution is -2.60. The van der Waals surface area contributed by atoms with E-state index in [1.165, 1.54) is 18.1 Å². The third kappa shape index (κ3) is 6.77. The van der Waals surface area contributed by atoms with Crippen LogP contribution in [0.3, 0.4) is 0 Å². The summed E-state index contributed by atoms with van der Waals surface area (Å²) in [5.74, 6) is -2.71. The summed E-state index contributed by atoms with van der Waals surface area (Å²) in [5.41, 5.74) is -0.928. The van der Waals surface area contributed by atoms with Gasteiger partial charge in [-0.05, 0) is 41.4 Å². The highest BCUT2D eigenvalue weighted by molar-refractivity contribution is 7.91. The third-order valence-corrected chi connectivity index (χ3v) is 11.3. The molecule has 252 valence electrons. The average molecular weight is 667 g/mol. The predicted octanol–water partition coefficient (Wildman–Crippen LogP) is 3.15. The van der Waals surface area contributed by atoms with E-state index in [0.717, 1.165) is 11.1 Å². The van der Waals surface area contributed by atoms with Crippen LogP contribution in [0.5, 0.6) is 0 Å². The van der Waals surface area contributed by atoms with Gasteiger partial charge in [0.1, 0.15) is 23.2 Å². The van der Waals surface area contributed by atoms with Crippen molar-refractivity contribution in [1.29, 1.82) is 0 Å². The molecule has 1 heterocycles. The molecular formula is C34H42N4O8S. The molecule has 0 spiro atoms. The Kier molecular flexibility index (Phi) is 9.01. The zero-order valence-corrected chi connectivity index (χ0v) is 27.8. The van der Waals surface area contributed by atoms with Crippen molar-refractivity contribution in [1.82, 2.24) is 20.3 Å². The molecule has 3 fully saturated rings. The zero-order valence-electron chi connectivity index (χ0n) is 27.0. The van der Waals surface area contributed by atoms with Crippen LogP contribution in [0.4, 0.5) is 4.79 Å². The van der Waals surface area contributed by atoms with E-state index in [0.29, 0.717) is 18.4 Å². The van der Waals surface area contributed by atoms with Crippen LogP contribution in [0, 0.1) is 11.3 Å². The number of benzene rings is 2. The highest BCUT2D eigenvalue weighted by Crippen LogP contribution is 2.47. The number of nitrogens with one attached hydrogen (secondary N) is 3. The maximum Gasteiger partial charge on any atom is 0.405 e. The summed E-state index contributed by atoms with van der Waals surface area (Å²) in [4.78, 5) is 54.9. The number of carbonyl (C=O) groups is 4. The molecule has 2 aromatic carbocycles. The Morgan fingerprint density at radius 3 is 2.15 bits per heavy atom. The van der Waals surface area contributed by atoms with Gasteiger partial charge in [0.15, 0.2) is 0 Å². The maximum absolute atomic E-state index is 14.2. The quantitative estimate of drug-likeness (QED) is 0.265. The van der Waals surface area contributed by atoms with Crippen molar-refractivity contribution in [2.45, 2.75) is 74.9 Å². The number of rotatable bonds is 11. The highest BCUT2D eigenvalue weighted by atomic mass is 32.2. The molecule has 0 bridgehead atoms. The Hall–Kier alpha value is -4.23. The Morgan fingerprint density at radius 2 is 1.64 bits per heavy atom. The van der Waals surface area contributed by atoms with Gasteiger partial charge in [-0.1, -0.05) is 81.4 Å². The Bertz CT molecular complexity index is 1670. The number of ether oxygens (including phenoxy) is 1. The van der Waals surface area contributed by atoms with Crippen LogP contribution in [0.1, 0.15) is 52.0 Å². The number of carbonyl (C=O) groups excluding carboxylic acids is 3. The largest absolute Gasteiger partial charge is 0.465 e. The van der Waals surface area contributed by atoms with Crippen molar-refractivity contribution in [2.75, 3.05) is 13.7 Å². The molecule has 3 aliphatic rings. The SMILES string of the molecule is C=C[C@@H]1C[C@]1(NC(=O)[C@@H]1C[C@@](OC)(c2ccc(-c3ccccc3)cc2)CN1C(=O)[C@@H](NC(=O)O)C(C)(C)C)C(=O)NS(=O)(=O)C1CC1. The van der Waals surface area contributed by atoms with Crippen LogP contribution in [0.15, 0.2) is 67.3 Å². The van der Waals surface area contributed by atoms with Crippen LogP contribution in [0.2, 0.25) is 0 Å². The van der Waals surface area contributed by atoms with Crippen molar-refractivity contribution < 1.29 is 37.4 Å². The monoisotopic (exact) mass is 666 g/mol. The van der Waals surface area contributed by atoms with Crippen molar-refractivity contribution in [3.8, 4) is 11.1 Å². The second-order valence-electron chi connectivity index (χ2n) is 13.8. The Balaban J connectivity index is 1.49. The van der Waals surface area contributed by atoms with Crippen LogP contribution in [-0.2, 0) is 34.7 Å². The molecule has 4 N–H and O–H groups in total. The van der Waals surface area contributed by atoms with Crippen molar-refractivity contribution >= 4 is 33.8 Å². The van der Waals surface area contributed by atoms with E-state index in [9.17, 15) is 32.7 Å². The molecule has 2 aromatic rings. The van der Waals surface area contributed by atoms with Gasteiger partial charge in [0.2, 0.25) is 21.8 Å². The molecule has 0 aromatic heterocycles. The first-order valence-electron chi connectivity index (χ1n) is 15.6. The summed E-state index contributed by atoms with van der Waals surface area (Å²) in [6.45, 7) is 8.79. The van der Waals surface area contributed by atoms with Crippen molar-refractivity contribution in [2.24, 2.45) is 11.3 Å². The van der Waals surface area contributed by atoms with E-state index in [-0.39, 0.29) is 19.4 Å². The molecule has 5 atom stereocenters. The fourth-order valence-electron chi connectivity index (χ4n) is 6.37. The number of sulfonamides is 1. The van der Waals surface area contributed by atoms with Gasteiger partial charge >= 0.3 is 6.09 Å². The number of hydrogen-bond donors (Lipinski definition) is 4. The molecule has 4 amide bonds. The normalized spacial score (nSPS) is 26.2. The Morgan fingerprint density at radius 1 is 1.02 bits per heavy atom. The van der Waals surface area contributed by atoms with E-state index >= 15 is 0 Å². The summed E-state index contributed by atoms with van der Waals surface area (Å²) in [6.07, 6.45) is 1.13. The molecule has 2 aliphatic carbocycles. The van der Waals surface area contributed by atoms with E-state index in [1.54, 1.807) is 20.8 Å². The number of nitrogens with zero attached hydrogens (tertiary/aromatic N) is 1. The fourth-order valence-corrected chi connectivity index (χ4v) is 7.73. The second-order valence-corrected chi connectivity index (χ2v) is 15.7. The van der Waals surface area contributed by atoms with E-state index in [1.807, 2.05) is 54.6 Å². The molecule has 2 saturated carbocycles. The summed E-state index contributed by atoms with van der Waals surface area (Å²) < 4.78 is 33.5. The number of hydrogen-bond acceptors (Lipinski definition) is 7. The van der Waals surface area contributed by atoms with Crippen LogP contribution in [0.25, 0.3) is 11.1 Å². The standard InChI is InChI=1S/C34H42N4O8S/c1-6-23-18-34(23,30(41)37-47(44,45)25-16-17-25)36-28(39)26-19-33(46-5,20-38(26)29(40)27(32(2,3)4)35-31(42)43)24-14-12-22(13-15-24)21-10-8-7-9-11-21/h6-15,23,25-27,35H,1,16-20H2,2-5H3,(H,36,39)(H,37,41)(H,42,43)/t23-,26+,27-,33+,34-/m1/s1. The van der Waals surface area contributed by atoms with Gasteiger partial charge in [-0.25, -0.2) is 13.2 Å². The summed E-state index contributed by atoms with van der Waals surface area (Å²) in [7, 11) is -2.41. The van der Waals surface area contributed by atoms with Gasteiger partial charge < -0.3 is 25.4 Å². The number of likely N-dealkylation sites (tertiary alicyclic amines) is 1. The Labute approximate surface area is 275 Å². The van der Waals surface area contributed by atoms with Crippen molar-refractivity contribution in [3.05, 3.63) is 72.8 Å². The lowest BCUT2D eigenvalue weighted by Gasteiger charge is -2.35. The molecule has 13 heteroatoms. The van der Waals surface area contributed by atoms with E-state index < -0.39 is 73.6 Å². The fraction of sp³-hybridized carbons (Fsp3) is 0.471. The van der Waals surface area contributed by atoms with Crippen LogP contribution < -0.4 is 15.4 Å². The van der Waals surface area contributed by atoms with Gasteiger partial charge in [0.05, 0.1) is 11.8 Å². The van der Waals surface area contributed by atoms with E-state index in [2.05, 4.69) is 21.9 Å². The van der Waals surface area contributed by atoms with Gasteiger partial charge in [0.25, 0.3) is 5.91 Å². The number of carboxylic acid groups (broad SMARTS) is 1. The highest BCUT2D eigenvalue weighted by Gasteiger charge is 2.62.